The fraction of sp³-hybridized carbons (Fsp3) is 0.292. The van der Waals surface area contributed by atoms with Crippen LogP contribution in [0.3, 0.4) is 0 Å². The van der Waals surface area contributed by atoms with Gasteiger partial charge in [0.05, 0.1) is 23.0 Å². The largest absolute Gasteiger partial charge is 0.423 e. The van der Waals surface area contributed by atoms with Gasteiger partial charge in [0, 0.05) is 30.5 Å². The van der Waals surface area contributed by atoms with Crippen LogP contribution in [0, 0.1) is 18.6 Å². The summed E-state index contributed by atoms with van der Waals surface area (Å²) in [6.07, 6.45) is -0.610. The van der Waals surface area contributed by atoms with Gasteiger partial charge in [-0.15, -0.1) is 0 Å². The Hall–Kier alpha value is -4.36. The quantitative estimate of drug-likeness (QED) is 0.305. The second-order valence-electron chi connectivity index (χ2n) is 8.76. The molecule has 3 heterocycles. The number of nitrogens with two attached hydrogens (primary N) is 1. The summed E-state index contributed by atoms with van der Waals surface area (Å²) < 4.78 is 71.0. The van der Waals surface area contributed by atoms with Gasteiger partial charge in [0.25, 0.3) is 11.1 Å². The molecule has 0 fully saturated rings. The van der Waals surface area contributed by atoms with Crippen molar-refractivity contribution in [1.82, 2.24) is 24.7 Å². The van der Waals surface area contributed by atoms with E-state index in [0.29, 0.717) is 18.4 Å². The molecule has 4 rings (SSSR count). The first kappa shape index (κ1) is 26.7. The number of nitrogens with one attached hydrogen (secondary N) is 2. The van der Waals surface area contributed by atoms with E-state index >= 15 is 8.78 Å². The van der Waals surface area contributed by atoms with Gasteiger partial charge in [0.15, 0.2) is 11.6 Å². The summed E-state index contributed by atoms with van der Waals surface area (Å²) in [5.41, 5.74) is 2.01. The van der Waals surface area contributed by atoms with Crippen LogP contribution >= 0.6 is 0 Å². The zero-order valence-electron chi connectivity index (χ0n) is 20.2. The van der Waals surface area contributed by atoms with Crippen LogP contribution in [-0.4, -0.2) is 30.8 Å². The lowest BCUT2D eigenvalue weighted by Gasteiger charge is -2.18. The fourth-order valence-electron chi connectivity index (χ4n) is 4.15. The van der Waals surface area contributed by atoms with Crippen LogP contribution in [-0.2, 0) is 12.7 Å². The summed E-state index contributed by atoms with van der Waals surface area (Å²) in [7, 11) is 0. The van der Waals surface area contributed by atoms with Crippen LogP contribution in [0.25, 0.3) is 22.0 Å². The number of hydrogen-bond acceptors (Lipinski definition) is 7. The Bertz CT molecular complexity index is 1630. The number of hydrogen-bond donors (Lipinski definition) is 3. The fourth-order valence-corrected chi connectivity index (χ4v) is 4.15. The van der Waals surface area contributed by atoms with Crippen molar-refractivity contribution in [2.75, 3.05) is 11.1 Å². The average Bonchev–Trinajstić information content (AvgIpc) is 2.83. The van der Waals surface area contributed by atoms with Gasteiger partial charge in [-0.25, -0.2) is 23.8 Å². The van der Waals surface area contributed by atoms with Crippen molar-refractivity contribution < 1.29 is 22.0 Å². The van der Waals surface area contributed by atoms with Crippen molar-refractivity contribution >= 4 is 22.4 Å². The Kier molecular flexibility index (Phi) is 7.16. The second-order valence-corrected chi connectivity index (χ2v) is 8.76. The van der Waals surface area contributed by atoms with Crippen LogP contribution in [0.1, 0.15) is 30.9 Å². The lowest BCUT2D eigenvalue weighted by Crippen LogP contribution is -2.27. The molecule has 38 heavy (non-hydrogen) atoms. The number of anilines is 2. The molecule has 0 bridgehead atoms. The zero-order chi connectivity index (χ0) is 27.8. The third kappa shape index (κ3) is 5.19. The molecule has 0 amide bonds. The Morgan fingerprint density at radius 1 is 1.18 bits per heavy atom. The highest BCUT2D eigenvalue weighted by Crippen LogP contribution is 2.32. The van der Waals surface area contributed by atoms with Gasteiger partial charge >= 0.3 is 6.18 Å². The molecule has 14 heteroatoms. The van der Waals surface area contributed by atoms with Gasteiger partial charge < -0.3 is 15.6 Å². The van der Waals surface area contributed by atoms with Crippen molar-refractivity contribution in [3.63, 3.8) is 0 Å². The van der Waals surface area contributed by atoms with E-state index in [1.165, 1.54) is 29.1 Å². The molecule has 200 valence electrons. The molecule has 0 radical (unpaired) electrons. The minimum absolute atomic E-state index is 0.0882. The van der Waals surface area contributed by atoms with Crippen molar-refractivity contribution in [1.29, 1.82) is 0 Å². The third-order valence-corrected chi connectivity index (χ3v) is 5.97. The first-order chi connectivity index (χ1) is 17.9. The van der Waals surface area contributed by atoms with Crippen molar-refractivity contribution in [3.05, 3.63) is 74.2 Å². The number of halogens is 5. The van der Waals surface area contributed by atoms with Crippen LogP contribution < -0.4 is 22.2 Å². The van der Waals surface area contributed by atoms with Crippen LogP contribution in [0.2, 0.25) is 0 Å². The highest BCUT2D eigenvalue weighted by Gasteiger charge is 2.37. The number of alkyl halides is 3. The summed E-state index contributed by atoms with van der Waals surface area (Å²) in [5, 5.41) is 7.50. The van der Waals surface area contributed by atoms with Gasteiger partial charge in [0.1, 0.15) is 5.56 Å². The topological polar surface area (TPSA) is 132 Å². The number of pyridine rings is 1. The molecule has 1 atom stereocenters. The Labute approximate surface area is 211 Å². The molecule has 0 saturated carbocycles. The van der Waals surface area contributed by atoms with E-state index in [2.05, 4.69) is 20.4 Å². The molecule has 1 unspecified atom stereocenters. The molecule has 0 spiro atoms. The molecule has 4 aromatic rings. The summed E-state index contributed by atoms with van der Waals surface area (Å²) in [6, 6.07) is 2.24. The maximum Gasteiger partial charge on any atom is 0.423 e. The minimum atomic E-state index is -4.88. The highest BCUT2D eigenvalue weighted by molar-refractivity contribution is 5.87. The summed E-state index contributed by atoms with van der Waals surface area (Å²) in [6.45, 7) is 3.30. The zero-order valence-corrected chi connectivity index (χ0v) is 20.2. The first-order valence-electron chi connectivity index (χ1n) is 11.4. The number of aryl methyl sites for hydroxylation is 2. The number of nitrogen functional groups attached to an aromatic ring is 1. The van der Waals surface area contributed by atoms with E-state index in [9.17, 15) is 22.8 Å². The Balaban J connectivity index is 1.54. The first-order valence-corrected chi connectivity index (χ1v) is 11.4. The number of benzene rings is 1. The van der Waals surface area contributed by atoms with Crippen LogP contribution in [0.5, 0.6) is 0 Å². The molecule has 0 aliphatic carbocycles. The molecule has 1 aromatic carbocycles. The molecule has 0 saturated heterocycles. The molecule has 3 aromatic heterocycles. The highest BCUT2D eigenvalue weighted by atomic mass is 19.4. The monoisotopic (exact) mass is 535 g/mol. The van der Waals surface area contributed by atoms with Gasteiger partial charge in [-0.3, -0.25) is 9.59 Å². The number of aromatic nitrogens is 5. The maximum absolute atomic E-state index is 15.1. The van der Waals surface area contributed by atoms with Gasteiger partial charge in [-0.05, 0) is 49.8 Å². The molecule has 0 aliphatic rings. The Morgan fingerprint density at radius 2 is 1.92 bits per heavy atom. The third-order valence-electron chi connectivity index (χ3n) is 5.97. The minimum Gasteiger partial charge on any atom is -0.381 e. The van der Waals surface area contributed by atoms with E-state index in [4.69, 9.17) is 5.73 Å². The van der Waals surface area contributed by atoms with Gasteiger partial charge in [0.2, 0.25) is 5.95 Å². The predicted molar refractivity (Wildman–Crippen MR) is 130 cm³/mol. The maximum atomic E-state index is 15.1. The smallest absolute Gasteiger partial charge is 0.381 e. The van der Waals surface area contributed by atoms with Crippen molar-refractivity contribution in [3.8, 4) is 11.3 Å². The van der Waals surface area contributed by atoms with Crippen LogP contribution in [0.4, 0.5) is 33.6 Å². The molecular weight excluding hydrogens is 513 g/mol. The Morgan fingerprint density at radius 3 is 2.63 bits per heavy atom. The van der Waals surface area contributed by atoms with Crippen molar-refractivity contribution in [2.45, 2.75) is 45.5 Å². The molecular formula is C24H22F5N7O2. The SMILES string of the molecule is Cc1cnc(N)nc1-c1cc2ccn(CCCC(C)Nc3cn[nH]c(=O)c3C(F)(F)F)c(=O)c2c(F)c1F. The number of fused-ring (bicyclic) bond motifs is 1. The standard InChI is InChI=1S/C24H22F5N7O2/c1-11-9-31-23(30)34-20(11)14-8-13-5-7-36(22(38)16(13)19(26)18(14)25)6-3-4-12(2)33-15-10-32-35-21(37)17(15)24(27,28)29/h5,7-10,12H,3-4,6H2,1-2H3,(H2,30,31,34)(H2,33,35,37). The second kappa shape index (κ2) is 10.2. The lowest BCUT2D eigenvalue weighted by atomic mass is 10.0. The van der Waals surface area contributed by atoms with Gasteiger partial charge in [-0.1, -0.05) is 0 Å². The summed E-state index contributed by atoms with van der Waals surface area (Å²) in [4.78, 5) is 32.4. The molecule has 4 N–H and O–H groups in total. The summed E-state index contributed by atoms with van der Waals surface area (Å²) >= 11 is 0. The van der Waals surface area contributed by atoms with E-state index in [0.717, 1.165) is 6.20 Å². The lowest BCUT2D eigenvalue weighted by molar-refractivity contribution is -0.138. The van der Waals surface area contributed by atoms with E-state index in [1.807, 2.05) is 0 Å². The van der Waals surface area contributed by atoms with Crippen LogP contribution in [0.15, 0.2) is 40.3 Å². The average molecular weight is 535 g/mol. The number of aromatic amines is 1. The number of H-pyrrole nitrogens is 1. The normalized spacial score (nSPS) is 12.6. The van der Waals surface area contributed by atoms with Crippen molar-refractivity contribution in [2.24, 2.45) is 0 Å². The van der Waals surface area contributed by atoms with Gasteiger partial charge in [-0.2, -0.15) is 18.3 Å². The number of rotatable bonds is 7. The predicted octanol–water partition coefficient (Wildman–Crippen LogP) is 4.01. The van der Waals surface area contributed by atoms with E-state index in [1.54, 1.807) is 18.9 Å². The van der Waals surface area contributed by atoms with E-state index in [-0.39, 0.29) is 29.1 Å². The molecule has 0 aliphatic heterocycles. The molecule has 9 nitrogen and oxygen atoms in total. The number of nitrogens with zero attached hydrogens (tertiary/aromatic N) is 4. The van der Waals surface area contributed by atoms with E-state index < -0.39 is 51.6 Å². The summed E-state index contributed by atoms with van der Waals surface area (Å²) in [5.74, 6) is -2.70.